The number of ether oxygens (including phenoxy) is 2. The van der Waals surface area contributed by atoms with Crippen LogP contribution in [0, 0.1) is 5.92 Å². The molecule has 5 rings (SSSR count). The van der Waals surface area contributed by atoms with Crippen molar-refractivity contribution in [1.82, 2.24) is 14.8 Å². The summed E-state index contributed by atoms with van der Waals surface area (Å²) in [4.78, 5) is 32.8. The van der Waals surface area contributed by atoms with Gasteiger partial charge in [-0.15, -0.1) is 0 Å². The Morgan fingerprint density at radius 2 is 1.81 bits per heavy atom. The molecule has 0 saturated carbocycles. The van der Waals surface area contributed by atoms with Crippen LogP contribution in [0.15, 0.2) is 30.3 Å². The van der Waals surface area contributed by atoms with E-state index in [0.29, 0.717) is 64.0 Å². The summed E-state index contributed by atoms with van der Waals surface area (Å²) < 4.78 is 11.6. The second-order valence-corrected chi connectivity index (χ2v) is 9.15. The van der Waals surface area contributed by atoms with Crippen molar-refractivity contribution in [2.24, 2.45) is 5.92 Å². The lowest BCUT2D eigenvalue weighted by Crippen LogP contribution is -2.51. The van der Waals surface area contributed by atoms with Gasteiger partial charge < -0.3 is 24.3 Å². The molecule has 7 heteroatoms. The molecule has 1 unspecified atom stereocenters. The summed E-state index contributed by atoms with van der Waals surface area (Å²) in [7, 11) is 0. The SMILES string of the molecule is O=C(CC1CCOC2(CCN(C(=O)c3cc4ccccc4[nH]3)CC2)C1)N1CCOCC1. The van der Waals surface area contributed by atoms with Crippen LogP contribution in [0.3, 0.4) is 0 Å². The molecule has 2 aromatic rings. The van der Waals surface area contributed by atoms with Gasteiger partial charge in [0.1, 0.15) is 5.69 Å². The molecule has 7 nitrogen and oxygen atoms in total. The Labute approximate surface area is 182 Å². The van der Waals surface area contributed by atoms with E-state index >= 15 is 0 Å². The zero-order valence-electron chi connectivity index (χ0n) is 18.0. The highest BCUT2D eigenvalue weighted by Crippen LogP contribution is 2.39. The number of morpholine rings is 1. The molecule has 3 aliphatic rings. The summed E-state index contributed by atoms with van der Waals surface area (Å²) in [6.07, 6.45) is 4.12. The number of piperidine rings is 1. The van der Waals surface area contributed by atoms with E-state index in [2.05, 4.69) is 4.98 Å². The molecule has 166 valence electrons. The van der Waals surface area contributed by atoms with Crippen LogP contribution in [-0.2, 0) is 14.3 Å². The van der Waals surface area contributed by atoms with Crippen molar-refractivity contribution in [1.29, 1.82) is 0 Å². The van der Waals surface area contributed by atoms with Gasteiger partial charge in [-0.25, -0.2) is 0 Å². The first kappa shape index (κ1) is 20.5. The number of H-pyrrole nitrogens is 1. The summed E-state index contributed by atoms with van der Waals surface area (Å²) in [5, 5.41) is 1.06. The molecule has 2 amide bonds. The van der Waals surface area contributed by atoms with Crippen molar-refractivity contribution >= 4 is 22.7 Å². The molecule has 1 spiro atoms. The third kappa shape index (κ3) is 4.34. The fraction of sp³-hybridized carbons (Fsp3) is 0.583. The lowest BCUT2D eigenvalue weighted by atomic mass is 9.78. The number of likely N-dealkylation sites (tertiary alicyclic amines) is 1. The summed E-state index contributed by atoms with van der Waals surface area (Å²) >= 11 is 0. The number of aromatic amines is 1. The summed E-state index contributed by atoms with van der Waals surface area (Å²) in [6, 6.07) is 9.90. The number of carbonyl (C=O) groups excluding carboxylic acids is 2. The lowest BCUT2D eigenvalue weighted by molar-refractivity contribution is -0.143. The number of amides is 2. The molecular weight excluding hydrogens is 394 g/mol. The number of hydrogen-bond acceptors (Lipinski definition) is 4. The molecule has 1 aromatic heterocycles. The molecule has 0 aliphatic carbocycles. The first-order chi connectivity index (χ1) is 15.1. The average Bonchev–Trinajstić information content (AvgIpc) is 3.24. The maximum absolute atomic E-state index is 13.0. The molecule has 1 aromatic carbocycles. The molecule has 3 fully saturated rings. The topological polar surface area (TPSA) is 74.9 Å². The second-order valence-electron chi connectivity index (χ2n) is 9.15. The van der Waals surface area contributed by atoms with Gasteiger partial charge in [-0.05, 0) is 43.7 Å². The van der Waals surface area contributed by atoms with Gasteiger partial charge in [0.2, 0.25) is 5.91 Å². The highest BCUT2D eigenvalue weighted by atomic mass is 16.5. The van der Waals surface area contributed by atoms with Gasteiger partial charge in [-0.1, -0.05) is 18.2 Å². The maximum Gasteiger partial charge on any atom is 0.270 e. The number of aromatic nitrogens is 1. The second kappa shape index (κ2) is 8.63. The Bertz CT molecular complexity index is 908. The van der Waals surface area contributed by atoms with E-state index in [0.717, 1.165) is 36.6 Å². The molecule has 1 N–H and O–H groups in total. The van der Waals surface area contributed by atoms with E-state index in [1.165, 1.54) is 0 Å². The van der Waals surface area contributed by atoms with Crippen molar-refractivity contribution in [3.05, 3.63) is 36.0 Å². The van der Waals surface area contributed by atoms with Crippen LogP contribution in [0.4, 0.5) is 0 Å². The number of fused-ring (bicyclic) bond motifs is 1. The van der Waals surface area contributed by atoms with Gasteiger partial charge in [0.15, 0.2) is 0 Å². The molecule has 1 atom stereocenters. The van der Waals surface area contributed by atoms with Crippen molar-refractivity contribution in [2.75, 3.05) is 46.0 Å². The fourth-order valence-corrected chi connectivity index (χ4v) is 5.32. The molecule has 0 bridgehead atoms. The van der Waals surface area contributed by atoms with Gasteiger partial charge in [0.25, 0.3) is 5.91 Å². The third-order valence-corrected chi connectivity index (χ3v) is 7.14. The zero-order valence-corrected chi connectivity index (χ0v) is 18.0. The number of nitrogens with one attached hydrogen (secondary N) is 1. The maximum atomic E-state index is 13.0. The van der Waals surface area contributed by atoms with Crippen molar-refractivity contribution in [3.63, 3.8) is 0 Å². The van der Waals surface area contributed by atoms with Crippen LogP contribution in [0.5, 0.6) is 0 Å². The molecule has 4 heterocycles. The number of carbonyl (C=O) groups is 2. The molecule has 0 radical (unpaired) electrons. The molecule has 3 saturated heterocycles. The number of benzene rings is 1. The van der Waals surface area contributed by atoms with E-state index < -0.39 is 0 Å². The minimum atomic E-state index is -0.189. The van der Waals surface area contributed by atoms with Crippen LogP contribution >= 0.6 is 0 Å². The van der Waals surface area contributed by atoms with E-state index in [-0.39, 0.29) is 17.4 Å². The molecule has 3 aliphatic heterocycles. The first-order valence-electron chi connectivity index (χ1n) is 11.5. The van der Waals surface area contributed by atoms with Crippen molar-refractivity contribution in [3.8, 4) is 0 Å². The third-order valence-electron chi connectivity index (χ3n) is 7.14. The quantitative estimate of drug-likeness (QED) is 0.821. The average molecular weight is 426 g/mol. The predicted molar refractivity (Wildman–Crippen MR) is 117 cm³/mol. The van der Waals surface area contributed by atoms with Gasteiger partial charge in [0.05, 0.1) is 18.8 Å². The summed E-state index contributed by atoms with van der Waals surface area (Å²) in [5.41, 5.74) is 1.45. The Morgan fingerprint density at radius 1 is 1.03 bits per heavy atom. The van der Waals surface area contributed by atoms with Gasteiger partial charge >= 0.3 is 0 Å². The van der Waals surface area contributed by atoms with Crippen LogP contribution in [0.1, 0.15) is 42.6 Å². The molecular formula is C24H31N3O4. The normalized spacial score (nSPS) is 23.9. The van der Waals surface area contributed by atoms with Crippen molar-refractivity contribution in [2.45, 2.75) is 37.7 Å². The number of nitrogens with zero attached hydrogens (tertiary/aromatic N) is 2. The minimum Gasteiger partial charge on any atom is -0.378 e. The monoisotopic (exact) mass is 425 g/mol. The fourth-order valence-electron chi connectivity index (χ4n) is 5.32. The van der Waals surface area contributed by atoms with Gasteiger partial charge in [0, 0.05) is 50.1 Å². The summed E-state index contributed by atoms with van der Waals surface area (Å²) in [6.45, 7) is 4.79. The Morgan fingerprint density at radius 3 is 2.58 bits per heavy atom. The van der Waals surface area contributed by atoms with Crippen LogP contribution in [0.25, 0.3) is 10.9 Å². The Hall–Kier alpha value is -2.38. The minimum absolute atomic E-state index is 0.0564. The smallest absolute Gasteiger partial charge is 0.270 e. The predicted octanol–water partition coefficient (Wildman–Crippen LogP) is 2.82. The summed E-state index contributed by atoms with van der Waals surface area (Å²) in [5.74, 6) is 0.665. The number of para-hydroxylation sites is 1. The van der Waals surface area contributed by atoms with E-state index in [1.807, 2.05) is 40.1 Å². The van der Waals surface area contributed by atoms with Gasteiger partial charge in [-0.3, -0.25) is 9.59 Å². The number of rotatable bonds is 3. The largest absolute Gasteiger partial charge is 0.378 e. The zero-order chi connectivity index (χ0) is 21.3. The first-order valence-corrected chi connectivity index (χ1v) is 11.5. The van der Waals surface area contributed by atoms with Gasteiger partial charge in [-0.2, -0.15) is 0 Å². The number of hydrogen-bond donors (Lipinski definition) is 1. The van der Waals surface area contributed by atoms with E-state index in [1.54, 1.807) is 0 Å². The van der Waals surface area contributed by atoms with Crippen LogP contribution in [0.2, 0.25) is 0 Å². The standard InChI is InChI=1S/C24H31N3O4/c28-22(26-10-13-30-14-11-26)15-18-5-12-31-24(17-18)6-8-27(9-7-24)23(29)21-16-19-3-1-2-4-20(19)25-21/h1-4,16,18,25H,5-15,17H2. The highest BCUT2D eigenvalue weighted by Gasteiger charge is 2.42. The lowest BCUT2D eigenvalue weighted by Gasteiger charge is -2.46. The van der Waals surface area contributed by atoms with E-state index in [9.17, 15) is 9.59 Å². The Kier molecular flexibility index (Phi) is 5.71. The Balaban J connectivity index is 1.17. The van der Waals surface area contributed by atoms with Crippen LogP contribution in [-0.4, -0.2) is 78.2 Å². The van der Waals surface area contributed by atoms with E-state index in [4.69, 9.17) is 9.47 Å². The highest BCUT2D eigenvalue weighted by molar-refractivity contribution is 5.98. The van der Waals surface area contributed by atoms with Crippen LogP contribution < -0.4 is 0 Å². The molecule has 31 heavy (non-hydrogen) atoms. The van der Waals surface area contributed by atoms with Crippen molar-refractivity contribution < 1.29 is 19.1 Å².